The molecule has 0 radical (unpaired) electrons. The minimum absolute atomic E-state index is 0.0466. The molecule has 2 N–H and O–H groups in total. The van der Waals surface area contributed by atoms with Crippen LogP contribution in [-0.2, 0) is 0 Å². The highest BCUT2D eigenvalue weighted by atomic mass is 35.5. The summed E-state index contributed by atoms with van der Waals surface area (Å²) in [5, 5.41) is 17.6. The minimum atomic E-state index is -1.47. The van der Waals surface area contributed by atoms with Crippen LogP contribution >= 0.6 is 11.6 Å². The average molecular weight is 186 g/mol. The summed E-state index contributed by atoms with van der Waals surface area (Å²) in [4.78, 5) is 0. The fraction of sp³-hybridized carbons (Fsp3) is 0.143. The molecule has 0 heterocycles. The smallest absolute Gasteiger partial charge is 0.478 e. The fourth-order valence-electron chi connectivity index (χ4n) is 0.828. The Morgan fingerprint density at radius 1 is 1.42 bits per heavy atom. The third kappa shape index (κ3) is 2.41. The normalized spacial score (nSPS) is 9.58. The van der Waals surface area contributed by atoms with Crippen LogP contribution in [0, 0.1) is 0 Å². The van der Waals surface area contributed by atoms with Gasteiger partial charge in [-0.15, -0.1) is 0 Å². The van der Waals surface area contributed by atoms with Crippen molar-refractivity contribution in [2.24, 2.45) is 0 Å². The molecule has 1 aromatic rings. The van der Waals surface area contributed by atoms with Gasteiger partial charge in [0.1, 0.15) is 5.75 Å². The molecule has 0 aromatic heterocycles. The molecule has 0 unspecified atom stereocenters. The quantitative estimate of drug-likeness (QED) is 0.514. The molecule has 0 amide bonds. The van der Waals surface area contributed by atoms with Crippen molar-refractivity contribution < 1.29 is 14.8 Å². The van der Waals surface area contributed by atoms with Crippen LogP contribution in [0.25, 0.3) is 0 Å². The van der Waals surface area contributed by atoms with Crippen LogP contribution in [0.2, 0.25) is 0 Å². The van der Waals surface area contributed by atoms with Gasteiger partial charge in [0.25, 0.3) is 0 Å². The van der Waals surface area contributed by atoms with E-state index < -0.39 is 7.12 Å². The van der Waals surface area contributed by atoms with E-state index in [0.29, 0.717) is 11.2 Å². The van der Waals surface area contributed by atoms with Gasteiger partial charge in [-0.05, 0) is 17.6 Å². The molecular weight excluding hydrogens is 178 g/mol. The van der Waals surface area contributed by atoms with Gasteiger partial charge in [-0.1, -0.05) is 23.7 Å². The second-order valence-corrected chi connectivity index (χ2v) is 2.42. The molecule has 0 bridgehead atoms. The van der Waals surface area contributed by atoms with Crippen molar-refractivity contribution in [1.29, 1.82) is 0 Å². The van der Waals surface area contributed by atoms with E-state index >= 15 is 0 Å². The summed E-state index contributed by atoms with van der Waals surface area (Å²) < 4.78 is 4.94. The van der Waals surface area contributed by atoms with Gasteiger partial charge in [0, 0.05) is 0 Å². The minimum Gasteiger partial charge on any atom is -0.478 e. The van der Waals surface area contributed by atoms with Gasteiger partial charge in [-0.25, -0.2) is 0 Å². The summed E-state index contributed by atoms with van der Waals surface area (Å²) in [6.07, 6.45) is 0. The maximum atomic E-state index is 8.78. The van der Waals surface area contributed by atoms with Gasteiger partial charge >= 0.3 is 7.12 Å². The lowest BCUT2D eigenvalue weighted by Crippen LogP contribution is -2.29. The van der Waals surface area contributed by atoms with Gasteiger partial charge in [0.15, 0.2) is 6.07 Å². The van der Waals surface area contributed by atoms with E-state index in [1.807, 2.05) is 0 Å². The number of benzene rings is 1. The second kappa shape index (κ2) is 4.35. The Morgan fingerprint density at radius 3 is 2.75 bits per heavy atom. The molecule has 0 atom stereocenters. The Bertz CT molecular complexity index is 254. The van der Waals surface area contributed by atoms with Crippen molar-refractivity contribution in [3.63, 3.8) is 0 Å². The van der Waals surface area contributed by atoms with Gasteiger partial charge in [-0.2, -0.15) is 0 Å². The average Bonchev–Trinajstić information content (AvgIpc) is 2.05. The van der Waals surface area contributed by atoms with Gasteiger partial charge in [0.05, 0.1) is 0 Å². The maximum Gasteiger partial charge on any atom is 0.488 e. The maximum absolute atomic E-state index is 8.78. The lowest BCUT2D eigenvalue weighted by atomic mass is 9.80. The molecule has 0 fully saturated rings. The lowest BCUT2D eigenvalue weighted by molar-refractivity contribution is 0.387. The number of hydrogen-bond donors (Lipinski definition) is 2. The van der Waals surface area contributed by atoms with Crippen LogP contribution in [0.1, 0.15) is 0 Å². The first-order chi connectivity index (χ1) is 5.74. The van der Waals surface area contributed by atoms with Gasteiger partial charge in [0.2, 0.25) is 0 Å². The fourth-order valence-corrected chi connectivity index (χ4v) is 0.954. The molecule has 1 rings (SSSR count). The van der Waals surface area contributed by atoms with E-state index in [1.54, 1.807) is 18.2 Å². The van der Waals surface area contributed by atoms with Crippen LogP contribution in [0.5, 0.6) is 5.75 Å². The molecule has 0 saturated carbocycles. The third-order valence-electron chi connectivity index (χ3n) is 1.38. The van der Waals surface area contributed by atoms with E-state index in [4.69, 9.17) is 26.4 Å². The standard InChI is InChI=1S/C7H8BClO3/c9-5-12-7-3-1-2-6(4-7)8(10)11/h1-4,10-11H,5H2. The molecule has 3 nitrogen and oxygen atoms in total. The van der Waals surface area contributed by atoms with E-state index in [1.165, 1.54) is 6.07 Å². The van der Waals surface area contributed by atoms with E-state index in [0.717, 1.165) is 0 Å². The Morgan fingerprint density at radius 2 is 2.17 bits per heavy atom. The lowest BCUT2D eigenvalue weighted by Gasteiger charge is -2.03. The summed E-state index contributed by atoms with van der Waals surface area (Å²) in [6, 6.07) is 6.51. The zero-order chi connectivity index (χ0) is 8.97. The first kappa shape index (κ1) is 9.38. The highest BCUT2D eigenvalue weighted by Gasteiger charge is 2.10. The summed E-state index contributed by atoms with van der Waals surface area (Å²) in [5.74, 6) is 0.524. The van der Waals surface area contributed by atoms with Crippen molar-refractivity contribution in [3.8, 4) is 5.75 Å². The number of ether oxygens (including phenoxy) is 1. The summed E-state index contributed by atoms with van der Waals surface area (Å²) in [7, 11) is -1.47. The number of hydrogen-bond acceptors (Lipinski definition) is 3. The molecule has 64 valence electrons. The zero-order valence-electron chi connectivity index (χ0n) is 6.27. The van der Waals surface area contributed by atoms with Gasteiger partial charge in [-0.3, -0.25) is 0 Å². The molecule has 1 aromatic carbocycles. The molecule has 0 aliphatic heterocycles. The molecule has 5 heteroatoms. The molecular formula is C7H8BClO3. The van der Waals surface area contributed by atoms with Crippen LogP contribution in [0.3, 0.4) is 0 Å². The highest BCUT2D eigenvalue weighted by Crippen LogP contribution is 2.07. The molecule has 0 saturated heterocycles. The summed E-state index contributed by atoms with van der Waals surface area (Å²) in [5.41, 5.74) is 0.387. The highest BCUT2D eigenvalue weighted by molar-refractivity contribution is 6.58. The Labute approximate surface area is 75.7 Å². The predicted molar refractivity (Wildman–Crippen MR) is 47.6 cm³/mol. The first-order valence-electron chi connectivity index (χ1n) is 3.39. The topological polar surface area (TPSA) is 49.7 Å². The zero-order valence-corrected chi connectivity index (χ0v) is 7.03. The van der Waals surface area contributed by atoms with Crippen LogP contribution in [-0.4, -0.2) is 23.2 Å². The largest absolute Gasteiger partial charge is 0.488 e. The predicted octanol–water partition coefficient (Wildman–Crippen LogP) is -0.0585. The van der Waals surface area contributed by atoms with Crippen molar-refractivity contribution in [3.05, 3.63) is 24.3 Å². The van der Waals surface area contributed by atoms with Crippen molar-refractivity contribution in [1.82, 2.24) is 0 Å². The number of halogens is 1. The Hall–Kier alpha value is -0.705. The van der Waals surface area contributed by atoms with Crippen LogP contribution in [0.4, 0.5) is 0 Å². The van der Waals surface area contributed by atoms with E-state index in [9.17, 15) is 0 Å². The monoisotopic (exact) mass is 186 g/mol. The van der Waals surface area contributed by atoms with Crippen LogP contribution < -0.4 is 10.2 Å². The molecule has 0 aliphatic carbocycles. The molecule has 12 heavy (non-hydrogen) atoms. The van der Waals surface area contributed by atoms with Crippen molar-refractivity contribution >= 4 is 24.2 Å². The number of rotatable bonds is 3. The molecule has 0 aliphatic rings. The van der Waals surface area contributed by atoms with Crippen molar-refractivity contribution in [2.45, 2.75) is 0 Å². The van der Waals surface area contributed by atoms with Crippen molar-refractivity contribution in [2.75, 3.05) is 6.07 Å². The Balaban J connectivity index is 2.81. The molecule has 0 spiro atoms. The summed E-state index contributed by atoms with van der Waals surface area (Å²) in [6.45, 7) is 0. The van der Waals surface area contributed by atoms with E-state index in [-0.39, 0.29) is 6.07 Å². The van der Waals surface area contributed by atoms with E-state index in [2.05, 4.69) is 0 Å². The van der Waals surface area contributed by atoms with Crippen LogP contribution in [0.15, 0.2) is 24.3 Å². The summed E-state index contributed by atoms with van der Waals surface area (Å²) >= 11 is 5.32. The first-order valence-corrected chi connectivity index (χ1v) is 3.92. The SMILES string of the molecule is OB(O)c1cccc(OCCl)c1. The number of alkyl halides is 1. The second-order valence-electron chi connectivity index (χ2n) is 2.20. The third-order valence-corrected chi connectivity index (χ3v) is 1.49. The van der Waals surface area contributed by atoms with Gasteiger partial charge < -0.3 is 14.8 Å². The Kier molecular flexibility index (Phi) is 3.40.